The minimum atomic E-state index is -1.82. The number of benzene rings is 1. The van der Waals surface area contributed by atoms with Crippen LogP contribution < -0.4 is 5.19 Å². The minimum Gasteiger partial charge on any atom is -0.330 e. The zero-order valence-corrected chi connectivity index (χ0v) is 16.1. The van der Waals surface area contributed by atoms with Crippen LogP contribution in [0.15, 0.2) is 42.1 Å². The molecule has 0 aliphatic heterocycles. The van der Waals surface area contributed by atoms with Crippen LogP contribution in [0.2, 0.25) is 13.1 Å². The van der Waals surface area contributed by atoms with Crippen molar-refractivity contribution in [2.45, 2.75) is 46.0 Å². The molecule has 3 nitrogen and oxygen atoms in total. The van der Waals surface area contributed by atoms with Crippen LogP contribution in [0.4, 0.5) is 4.79 Å². The molecule has 0 aromatic heterocycles. The topological polar surface area (TPSA) is 23.6 Å². The molecule has 1 aromatic rings. The van der Waals surface area contributed by atoms with Crippen LogP contribution in [-0.4, -0.2) is 43.7 Å². The van der Waals surface area contributed by atoms with E-state index >= 15 is 0 Å². The lowest BCUT2D eigenvalue weighted by molar-refractivity contribution is 0.177. The Morgan fingerprint density at radius 2 is 1.77 bits per heavy atom. The van der Waals surface area contributed by atoms with Gasteiger partial charge in [0.2, 0.25) is 0 Å². The molecule has 122 valence electrons. The molecular formula is C18H30N2OSi. The summed E-state index contributed by atoms with van der Waals surface area (Å²) in [6, 6.07) is 10.7. The van der Waals surface area contributed by atoms with Gasteiger partial charge in [-0.05, 0) is 20.3 Å². The summed E-state index contributed by atoms with van der Waals surface area (Å²) in [6.07, 6.45) is 2.98. The van der Waals surface area contributed by atoms with Gasteiger partial charge in [-0.1, -0.05) is 61.6 Å². The first kappa shape index (κ1) is 18.5. The van der Waals surface area contributed by atoms with Gasteiger partial charge in [0.1, 0.15) is 8.07 Å². The molecule has 2 amide bonds. The molecule has 1 rings (SSSR count). The molecule has 0 heterocycles. The van der Waals surface area contributed by atoms with Crippen LogP contribution in [0.5, 0.6) is 0 Å². The SMILES string of the molecule is C/C=C(/C)N(C(=O)N(C)C)C(CC)[Si](C)(C)c1ccccc1. The second kappa shape index (κ2) is 7.63. The highest BCUT2D eigenvalue weighted by atomic mass is 28.3. The van der Waals surface area contributed by atoms with Crippen LogP contribution in [0.1, 0.15) is 27.2 Å². The number of carbonyl (C=O) groups excluding carboxylic acids is 1. The van der Waals surface area contributed by atoms with Gasteiger partial charge < -0.3 is 4.90 Å². The lowest BCUT2D eigenvalue weighted by Gasteiger charge is -2.42. The third-order valence-corrected chi connectivity index (χ3v) is 8.59. The van der Waals surface area contributed by atoms with Gasteiger partial charge in [-0.3, -0.25) is 4.90 Å². The zero-order chi connectivity index (χ0) is 16.9. The minimum absolute atomic E-state index is 0.0685. The summed E-state index contributed by atoms with van der Waals surface area (Å²) in [5.74, 6) is 0. The Kier molecular flexibility index (Phi) is 6.42. The predicted molar refractivity (Wildman–Crippen MR) is 98.0 cm³/mol. The lowest BCUT2D eigenvalue weighted by Crippen LogP contribution is -2.61. The van der Waals surface area contributed by atoms with Gasteiger partial charge in [0.05, 0.1) is 0 Å². The van der Waals surface area contributed by atoms with E-state index in [2.05, 4.69) is 50.3 Å². The number of amides is 2. The highest BCUT2D eigenvalue weighted by Gasteiger charge is 2.39. The van der Waals surface area contributed by atoms with E-state index in [4.69, 9.17) is 0 Å². The third kappa shape index (κ3) is 3.80. The molecule has 0 aliphatic carbocycles. The van der Waals surface area contributed by atoms with E-state index in [0.717, 1.165) is 12.1 Å². The quantitative estimate of drug-likeness (QED) is 0.757. The molecule has 0 spiro atoms. The maximum Gasteiger partial charge on any atom is 0.323 e. The van der Waals surface area contributed by atoms with Crippen molar-refractivity contribution < 1.29 is 4.79 Å². The molecule has 0 bridgehead atoms. The van der Waals surface area contributed by atoms with Gasteiger partial charge in [-0.15, -0.1) is 0 Å². The van der Waals surface area contributed by atoms with Crippen molar-refractivity contribution in [2.75, 3.05) is 14.1 Å². The van der Waals surface area contributed by atoms with Crippen LogP contribution in [0, 0.1) is 0 Å². The summed E-state index contributed by atoms with van der Waals surface area (Å²) in [7, 11) is 1.82. The molecule has 0 N–H and O–H groups in total. The van der Waals surface area contributed by atoms with Crippen molar-refractivity contribution >= 4 is 19.3 Å². The summed E-state index contributed by atoms with van der Waals surface area (Å²) < 4.78 is 0. The van der Waals surface area contributed by atoms with Gasteiger partial charge in [-0.25, -0.2) is 4.79 Å². The average Bonchev–Trinajstić information content (AvgIpc) is 2.51. The van der Waals surface area contributed by atoms with Crippen molar-refractivity contribution in [3.05, 3.63) is 42.1 Å². The van der Waals surface area contributed by atoms with Crippen LogP contribution in [0.25, 0.3) is 0 Å². The number of allylic oxidation sites excluding steroid dienone is 2. The van der Waals surface area contributed by atoms with E-state index in [1.54, 1.807) is 4.90 Å². The van der Waals surface area contributed by atoms with E-state index in [9.17, 15) is 4.79 Å². The molecule has 0 fully saturated rings. The molecule has 1 atom stereocenters. The Bertz CT molecular complexity index is 523. The van der Waals surface area contributed by atoms with Gasteiger partial charge >= 0.3 is 6.03 Å². The number of carbonyl (C=O) groups is 1. The van der Waals surface area contributed by atoms with Crippen molar-refractivity contribution in [1.82, 2.24) is 9.80 Å². The van der Waals surface area contributed by atoms with Crippen LogP contribution in [0.3, 0.4) is 0 Å². The number of nitrogens with zero attached hydrogens (tertiary/aromatic N) is 2. The predicted octanol–water partition coefficient (Wildman–Crippen LogP) is 3.83. The van der Waals surface area contributed by atoms with Gasteiger partial charge in [0.15, 0.2) is 0 Å². The molecular weight excluding hydrogens is 288 g/mol. The molecule has 0 saturated heterocycles. The van der Waals surface area contributed by atoms with E-state index in [1.807, 2.05) is 38.9 Å². The maximum absolute atomic E-state index is 12.8. The Morgan fingerprint density at radius 1 is 1.23 bits per heavy atom. The summed E-state index contributed by atoms with van der Waals surface area (Å²) in [6.45, 7) is 10.9. The van der Waals surface area contributed by atoms with Gasteiger partial charge in [0, 0.05) is 25.5 Å². The first-order valence-corrected chi connectivity index (χ1v) is 11.0. The van der Waals surface area contributed by atoms with E-state index < -0.39 is 8.07 Å². The van der Waals surface area contributed by atoms with Crippen LogP contribution in [-0.2, 0) is 0 Å². The average molecular weight is 319 g/mol. The fraction of sp³-hybridized carbons (Fsp3) is 0.500. The Balaban J connectivity index is 3.33. The second-order valence-corrected chi connectivity index (χ2v) is 11.2. The van der Waals surface area contributed by atoms with Crippen molar-refractivity contribution in [3.63, 3.8) is 0 Å². The Hall–Kier alpha value is -1.55. The summed E-state index contributed by atoms with van der Waals surface area (Å²) >= 11 is 0. The van der Waals surface area contributed by atoms with Crippen LogP contribution >= 0.6 is 0 Å². The molecule has 1 aromatic carbocycles. The van der Waals surface area contributed by atoms with Gasteiger partial charge in [-0.2, -0.15) is 0 Å². The molecule has 0 radical (unpaired) electrons. The van der Waals surface area contributed by atoms with E-state index in [0.29, 0.717) is 0 Å². The summed E-state index contributed by atoms with van der Waals surface area (Å²) in [5.41, 5.74) is 1.27. The van der Waals surface area contributed by atoms with E-state index in [1.165, 1.54) is 5.19 Å². The molecule has 0 aliphatic rings. The molecule has 22 heavy (non-hydrogen) atoms. The largest absolute Gasteiger partial charge is 0.330 e. The molecule has 0 saturated carbocycles. The zero-order valence-electron chi connectivity index (χ0n) is 15.1. The smallest absolute Gasteiger partial charge is 0.323 e. The first-order chi connectivity index (χ1) is 10.3. The highest BCUT2D eigenvalue weighted by Crippen LogP contribution is 2.23. The number of hydrogen-bond acceptors (Lipinski definition) is 1. The van der Waals surface area contributed by atoms with E-state index in [-0.39, 0.29) is 11.7 Å². The number of rotatable bonds is 5. The fourth-order valence-corrected chi connectivity index (χ4v) is 6.38. The van der Waals surface area contributed by atoms with Crippen molar-refractivity contribution in [1.29, 1.82) is 0 Å². The van der Waals surface area contributed by atoms with Crippen molar-refractivity contribution in [2.24, 2.45) is 0 Å². The first-order valence-electron chi connectivity index (χ1n) is 7.96. The monoisotopic (exact) mass is 318 g/mol. The molecule has 1 unspecified atom stereocenters. The third-order valence-electron chi connectivity index (χ3n) is 4.44. The molecule has 4 heteroatoms. The Morgan fingerprint density at radius 3 is 2.18 bits per heavy atom. The highest BCUT2D eigenvalue weighted by molar-refractivity contribution is 6.91. The summed E-state index contributed by atoms with van der Waals surface area (Å²) in [4.78, 5) is 16.4. The maximum atomic E-state index is 12.8. The second-order valence-electron chi connectivity index (χ2n) is 6.49. The number of hydrogen-bond donors (Lipinski definition) is 0. The van der Waals surface area contributed by atoms with Crippen molar-refractivity contribution in [3.8, 4) is 0 Å². The standard InChI is InChI=1S/C18H30N2OSi/c1-8-15(3)20(18(21)19(4)5)17(9-2)22(6,7)16-13-11-10-12-14-16/h8,10-14,17H,9H2,1-7H3/b15-8-. The number of urea groups is 1. The fourth-order valence-electron chi connectivity index (χ4n) is 2.96. The normalized spacial score (nSPS) is 13.7. The lowest BCUT2D eigenvalue weighted by atomic mass is 10.3. The Labute approximate surface area is 136 Å². The van der Waals surface area contributed by atoms with Gasteiger partial charge in [0.25, 0.3) is 0 Å². The summed E-state index contributed by atoms with van der Waals surface area (Å²) in [5, 5.41) is 1.39.